The van der Waals surface area contributed by atoms with Gasteiger partial charge in [0.1, 0.15) is 0 Å². The molecule has 2 rings (SSSR count). The first-order valence-electron chi connectivity index (χ1n) is 5.18. The zero-order valence-electron chi connectivity index (χ0n) is 8.42. The normalized spacial score (nSPS) is 20.9. The second kappa shape index (κ2) is 3.82. The van der Waals surface area contributed by atoms with Crippen LogP contribution in [0.3, 0.4) is 0 Å². The molecular weight excluding hydrogens is 174 g/mol. The molecular formula is C12H15NO. The molecule has 1 aromatic rings. The lowest BCUT2D eigenvalue weighted by Crippen LogP contribution is -2.19. The van der Waals surface area contributed by atoms with Crippen LogP contribution in [0.4, 0.5) is 0 Å². The molecule has 0 unspecified atom stereocenters. The molecule has 0 bridgehead atoms. The van der Waals surface area contributed by atoms with Crippen LogP contribution in [0.15, 0.2) is 24.3 Å². The first-order valence-corrected chi connectivity index (χ1v) is 5.18. The molecule has 1 N–H and O–H groups in total. The fourth-order valence-corrected chi connectivity index (χ4v) is 2.04. The first kappa shape index (κ1) is 9.25. The molecule has 2 nitrogen and oxygen atoms in total. The summed E-state index contributed by atoms with van der Waals surface area (Å²) in [6.45, 7) is 2.15. The molecule has 0 aromatic heterocycles. The fourth-order valence-electron chi connectivity index (χ4n) is 2.04. The summed E-state index contributed by atoms with van der Waals surface area (Å²) < 4.78 is 0. The second-order valence-corrected chi connectivity index (χ2v) is 3.71. The van der Waals surface area contributed by atoms with Crippen molar-refractivity contribution < 1.29 is 4.79 Å². The van der Waals surface area contributed by atoms with Gasteiger partial charge in [0, 0.05) is 6.42 Å². The van der Waals surface area contributed by atoms with E-state index in [0.29, 0.717) is 6.42 Å². The lowest BCUT2D eigenvalue weighted by molar-refractivity contribution is -0.119. The van der Waals surface area contributed by atoms with Crippen molar-refractivity contribution in [3.05, 3.63) is 35.4 Å². The molecule has 74 valence electrons. The quantitative estimate of drug-likeness (QED) is 0.759. The van der Waals surface area contributed by atoms with Gasteiger partial charge in [-0.25, -0.2) is 0 Å². The third-order valence-corrected chi connectivity index (χ3v) is 2.81. The zero-order chi connectivity index (χ0) is 9.97. The van der Waals surface area contributed by atoms with Crippen LogP contribution in [-0.4, -0.2) is 5.91 Å². The Balaban J connectivity index is 2.27. The van der Waals surface area contributed by atoms with E-state index in [1.54, 1.807) is 0 Å². The predicted octanol–water partition coefficient (Wildman–Crippen LogP) is 2.20. The van der Waals surface area contributed by atoms with Crippen molar-refractivity contribution in [2.75, 3.05) is 0 Å². The number of hydrogen-bond donors (Lipinski definition) is 1. The second-order valence-electron chi connectivity index (χ2n) is 3.71. The summed E-state index contributed by atoms with van der Waals surface area (Å²) in [5.74, 6) is 0.181. The van der Waals surface area contributed by atoms with Gasteiger partial charge < -0.3 is 5.32 Å². The maximum atomic E-state index is 11.1. The molecule has 1 aromatic carbocycles. The Bertz CT molecular complexity index is 346. The minimum absolute atomic E-state index is 0.181. The van der Waals surface area contributed by atoms with Gasteiger partial charge in [-0.15, -0.1) is 0 Å². The van der Waals surface area contributed by atoms with Gasteiger partial charge in [0.25, 0.3) is 0 Å². The van der Waals surface area contributed by atoms with E-state index >= 15 is 0 Å². The monoisotopic (exact) mass is 189 g/mol. The van der Waals surface area contributed by atoms with E-state index in [1.807, 2.05) is 6.07 Å². The van der Waals surface area contributed by atoms with Crippen LogP contribution in [0.5, 0.6) is 0 Å². The van der Waals surface area contributed by atoms with Crippen LogP contribution >= 0.6 is 0 Å². The highest BCUT2D eigenvalue weighted by Gasteiger charge is 2.23. The van der Waals surface area contributed by atoms with Crippen molar-refractivity contribution in [3.63, 3.8) is 0 Å². The Hall–Kier alpha value is -1.31. The Morgan fingerprint density at radius 1 is 1.43 bits per heavy atom. The highest BCUT2D eigenvalue weighted by Crippen LogP contribution is 2.26. The van der Waals surface area contributed by atoms with Crippen molar-refractivity contribution in [3.8, 4) is 0 Å². The largest absolute Gasteiger partial charge is 0.349 e. The number of carbonyl (C=O) groups excluding carboxylic acids is 1. The minimum atomic E-state index is 0.181. The smallest absolute Gasteiger partial charge is 0.220 e. The van der Waals surface area contributed by atoms with E-state index < -0.39 is 0 Å². The van der Waals surface area contributed by atoms with Crippen molar-refractivity contribution in [2.45, 2.75) is 32.2 Å². The summed E-state index contributed by atoms with van der Waals surface area (Å²) in [4.78, 5) is 11.1. The van der Waals surface area contributed by atoms with E-state index in [2.05, 4.69) is 30.4 Å². The summed E-state index contributed by atoms with van der Waals surface area (Å²) in [6.07, 6.45) is 2.64. The van der Waals surface area contributed by atoms with Crippen molar-refractivity contribution in [1.29, 1.82) is 0 Å². The number of rotatable bonds is 2. The average molecular weight is 189 g/mol. The Labute approximate surface area is 84.3 Å². The fraction of sp³-hybridized carbons (Fsp3) is 0.417. The van der Waals surface area contributed by atoms with Crippen molar-refractivity contribution >= 4 is 5.91 Å². The maximum Gasteiger partial charge on any atom is 0.220 e. The van der Waals surface area contributed by atoms with Gasteiger partial charge in [-0.05, 0) is 24.0 Å². The summed E-state index contributed by atoms with van der Waals surface area (Å²) >= 11 is 0. The van der Waals surface area contributed by atoms with Gasteiger partial charge >= 0.3 is 0 Å². The summed E-state index contributed by atoms with van der Waals surface area (Å²) in [6, 6.07) is 8.60. The topological polar surface area (TPSA) is 29.1 Å². The molecule has 0 radical (unpaired) electrons. The van der Waals surface area contributed by atoms with Gasteiger partial charge in [0.15, 0.2) is 0 Å². The lowest BCUT2D eigenvalue weighted by Gasteiger charge is -2.14. The maximum absolute atomic E-state index is 11.1. The molecule has 0 spiro atoms. The Kier molecular flexibility index (Phi) is 2.53. The van der Waals surface area contributed by atoms with Crippen LogP contribution < -0.4 is 5.32 Å². The number of nitrogens with one attached hydrogen (secondary N) is 1. The number of carbonyl (C=O) groups is 1. The lowest BCUT2D eigenvalue weighted by atomic mass is 9.98. The number of amides is 1. The van der Waals surface area contributed by atoms with Crippen molar-refractivity contribution in [1.82, 2.24) is 5.32 Å². The van der Waals surface area contributed by atoms with E-state index in [1.165, 1.54) is 11.1 Å². The van der Waals surface area contributed by atoms with Crippen LogP contribution in [0.1, 0.15) is 36.9 Å². The van der Waals surface area contributed by atoms with Gasteiger partial charge in [0.05, 0.1) is 6.04 Å². The first-order chi connectivity index (χ1) is 6.81. The standard InChI is InChI=1S/C12H15NO/c1-2-9-5-3-4-6-10(9)11-7-8-12(14)13-11/h3-6,11H,2,7-8H2,1H3,(H,13,14)/t11-/m0/s1. The SMILES string of the molecule is CCc1ccccc1[C@@H]1CCC(=O)N1. The highest BCUT2D eigenvalue weighted by molar-refractivity contribution is 5.78. The minimum Gasteiger partial charge on any atom is -0.349 e. The molecule has 1 aliphatic heterocycles. The van der Waals surface area contributed by atoms with Gasteiger partial charge in [-0.1, -0.05) is 31.2 Å². The van der Waals surface area contributed by atoms with Crippen LogP contribution in [-0.2, 0) is 11.2 Å². The molecule has 0 saturated carbocycles. The Morgan fingerprint density at radius 3 is 2.86 bits per heavy atom. The van der Waals surface area contributed by atoms with E-state index in [0.717, 1.165) is 12.8 Å². The molecule has 14 heavy (non-hydrogen) atoms. The van der Waals surface area contributed by atoms with E-state index in [9.17, 15) is 4.79 Å². The summed E-state index contributed by atoms with van der Waals surface area (Å²) in [5.41, 5.74) is 2.64. The molecule has 2 heteroatoms. The van der Waals surface area contributed by atoms with Gasteiger partial charge in [-0.2, -0.15) is 0 Å². The summed E-state index contributed by atoms with van der Waals surface area (Å²) in [5, 5.41) is 3.01. The molecule has 1 saturated heterocycles. The molecule has 1 heterocycles. The predicted molar refractivity (Wildman–Crippen MR) is 55.9 cm³/mol. The molecule has 0 aliphatic carbocycles. The number of aryl methyl sites for hydroxylation is 1. The molecule has 1 atom stereocenters. The molecule has 1 fully saturated rings. The summed E-state index contributed by atoms with van der Waals surface area (Å²) in [7, 11) is 0. The van der Waals surface area contributed by atoms with Crippen LogP contribution in [0, 0.1) is 0 Å². The third-order valence-electron chi connectivity index (χ3n) is 2.81. The molecule has 1 aliphatic rings. The average Bonchev–Trinajstić information content (AvgIpc) is 2.65. The third kappa shape index (κ3) is 1.65. The number of hydrogen-bond acceptors (Lipinski definition) is 1. The van der Waals surface area contributed by atoms with Crippen LogP contribution in [0.25, 0.3) is 0 Å². The zero-order valence-corrected chi connectivity index (χ0v) is 8.42. The number of benzene rings is 1. The van der Waals surface area contributed by atoms with E-state index in [-0.39, 0.29) is 11.9 Å². The van der Waals surface area contributed by atoms with Gasteiger partial charge in [-0.3, -0.25) is 4.79 Å². The van der Waals surface area contributed by atoms with Gasteiger partial charge in [0.2, 0.25) is 5.91 Å². The highest BCUT2D eigenvalue weighted by atomic mass is 16.1. The van der Waals surface area contributed by atoms with E-state index in [4.69, 9.17) is 0 Å². The van der Waals surface area contributed by atoms with Crippen molar-refractivity contribution in [2.24, 2.45) is 0 Å². The van der Waals surface area contributed by atoms with Crippen LogP contribution in [0.2, 0.25) is 0 Å². The molecule has 1 amide bonds. The Morgan fingerprint density at radius 2 is 2.21 bits per heavy atom.